The molecule has 2 unspecified atom stereocenters. The Hall–Kier alpha value is -1.09. The number of likely N-dealkylation sites (N-methyl/N-ethyl adjacent to an activating group) is 1. The fourth-order valence-electron chi connectivity index (χ4n) is 2.94. The lowest BCUT2D eigenvalue weighted by atomic mass is 10.0. The number of hydrogen-bond acceptors (Lipinski definition) is 2. The van der Waals surface area contributed by atoms with Gasteiger partial charge >= 0.3 is 0 Å². The quantitative estimate of drug-likeness (QED) is 0.834. The van der Waals surface area contributed by atoms with Gasteiger partial charge in [-0.25, -0.2) is 4.39 Å². The Morgan fingerprint density at radius 1 is 1.17 bits per heavy atom. The molecule has 1 saturated carbocycles. The Labute approximate surface area is 109 Å². The number of halogens is 1. The van der Waals surface area contributed by atoms with Crippen LogP contribution in [0, 0.1) is 5.82 Å². The van der Waals surface area contributed by atoms with Crippen molar-refractivity contribution >= 4 is 5.69 Å². The Bertz CT molecular complexity index is 363. The average molecular weight is 250 g/mol. The van der Waals surface area contributed by atoms with Gasteiger partial charge < -0.3 is 10.6 Å². The minimum absolute atomic E-state index is 0.181. The first-order valence-corrected chi connectivity index (χ1v) is 7.00. The van der Waals surface area contributed by atoms with Gasteiger partial charge in [0, 0.05) is 24.3 Å². The predicted molar refractivity (Wildman–Crippen MR) is 74.3 cm³/mol. The molecule has 1 aromatic rings. The van der Waals surface area contributed by atoms with E-state index in [9.17, 15) is 4.39 Å². The second-order valence-electron chi connectivity index (χ2n) is 5.13. The molecule has 1 aliphatic carbocycles. The number of nitrogens with two attached hydrogens (primary N) is 1. The Balaban J connectivity index is 2.18. The zero-order chi connectivity index (χ0) is 13.0. The molecule has 0 saturated heterocycles. The highest BCUT2D eigenvalue weighted by molar-refractivity contribution is 5.47. The van der Waals surface area contributed by atoms with E-state index >= 15 is 0 Å². The van der Waals surface area contributed by atoms with Crippen LogP contribution in [0.15, 0.2) is 24.3 Å². The molecule has 1 aromatic carbocycles. The molecule has 1 fully saturated rings. The fourth-order valence-corrected chi connectivity index (χ4v) is 2.94. The molecule has 0 aromatic heterocycles. The summed E-state index contributed by atoms with van der Waals surface area (Å²) in [6.45, 7) is 3.06. The molecule has 2 nitrogen and oxygen atoms in total. The predicted octanol–water partition coefficient (Wildman–Crippen LogP) is 3.31. The van der Waals surface area contributed by atoms with Crippen LogP contribution in [0.1, 0.15) is 39.0 Å². The molecular weight excluding hydrogens is 227 g/mol. The average Bonchev–Trinajstić information content (AvgIpc) is 2.58. The summed E-state index contributed by atoms with van der Waals surface area (Å²) in [5.74, 6) is -0.181. The standard InChI is InChI=1S/C15H23FN2/c1-2-18(13-10-8-12(16)9-11-13)15-7-5-3-4-6-14(15)17/h8-11,14-15H,2-7,17H2,1H3. The van der Waals surface area contributed by atoms with Gasteiger partial charge in [-0.3, -0.25) is 0 Å². The second kappa shape index (κ2) is 6.19. The van der Waals surface area contributed by atoms with Crippen LogP contribution in [0.5, 0.6) is 0 Å². The van der Waals surface area contributed by atoms with Gasteiger partial charge in [-0.1, -0.05) is 19.3 Å². The summed E-state index contributed by atoms with van der Waals surface area (Å²) >= 11 is 0. The van der Waals surface area contributed by atoms with E-state index in [1.807, 2.05) is 12.1 Å². The van der Waals surface area contributed by atoms with Crippen LogP contribution in [-0.4, -0.2) is 18.6 Å². The van der Waals surface area contributed by atoms with Crippen LogP contribution >= 0.6 is 0 Å². The number of benzene rings is 1. The Morgan fingerprint density at radius 2 is 1.83 bits per heavy atom. The normalized spacial score (nSPS) is 24.6. The molecule has 0 bridgehead atoms. The van der Waals surface area contributed by atoms with Crippen molar-refractivity contribution in [3.8, 4) is 0 Å². The summed E-state index contributed by atoms with van der Waals surface area (Å²) in [6.07, 6.45) is 6.01. The summed E-state index contributed by atoms with van der Waals surface area (Å²) < 4.78 is 13.0. The third kappa shape index (κ3) is 3.02. The maximum Gasteiger partial charge on any atom is 0.123 e. The molecule has 2 rings (SSSR count). The van der Waals surface area contributed by atoms with Gasteiger partial charge in [-0.05, 0) is 44.0 Å². The molecule has 0 aliphatic heterocycles. The lowest BCUT2D eigenvalue weighted by molar-refractivity contribution is 0.466. The molecule has 0 heterocycles. The maximum absolute atomic E-state index is 13.0. The number of hydrogen-bond donors (Lipinski definition) is 1. The third-order valence-electron chi connectivity index (χ3n) is 3.93. The van der Waals surface area contributed by atoms with Gasteiger partial charge in [-0.2, -0.15) is 0 Å². The van der Waals surface area contributed by atoms with Gasteiger partial charge in [-0.15, -0.1) is 0 Å². The molecule has 0 amide bonds. The van der Waals surface area contributed by atoms with Gasteiger partial charge in [0.15, 0.2) is 0 Å². The van der Waals surface area contributed by atoms with Crippen LogP contribution in [0.4, 0.5) is 10.1 Å². The van der Waals surface area contributed by atoms with Crippen LogP contribution in [0.25, 0.3) is 0 Å². The highest BCUT2D eigenvalue weighted by atomic mass is 19.1. The smallest absolute Gasteiger partial charge is 0.123 e. The summed E-state index contributed by atoms with van der Waals surface area (Å²) in [6, 6.07) is 7.40. The lowest BCUT2D eigenvalue weighted by Gasteiger charge is -2.35. The number of rotatable bonds is 3. The maximum atomic E-state index is 13.0. The van der Waals surface area contributed by atoms with Gasteiger partial charge in [0.2, 0.25) is 0 Å². The van der Waals surface area contributed by atoms with E-state index in [1.54, 1.807) is 0 Å². The Morgan fingerprint density at radius 3 is 2.50 bits per heavy atom. The number of nitrogens with zero attached hydrogens (tertiary/aromatic N) is 1. The fraction of sp³-hybridized carbons (Fsp3) is 0.600. The van der Waals surface area contributed by atoms with E-state index in [1.165, 1.54) is 31.4 Å². The summed E-state index contributed by atoms with van der Waals surface area (Å²) in [5.41, 5.74) is 7.39. The zero-order valence-corrected chi connectivity index (χ0v) is 11.1. The highest BCUT2D eigenvalue weighted by Gasteiger charge is 2.25. The van der Waals surface area contributed by atoms with Crippen molar-refractivity contribution in [2.45, 2.75) is 51.1 Å². The van der Waals surface area contributed by atoms with E-state index in [4.69, 9.17) is 5.73 Å². The lowest BCUT2D eigenvalue weighted by Crippen LogP contribution is -2.47. The first kappa shape index (κ1) is 13.3. The second-order valence-corrected chi connectivity index (χ2v) is 5.13. The first-order valence-electron chi connectivity index (χ1n) is 7.00. The van der Waals surface area contributed by atoms with Crippen LogP contribution in [-0.2, 0) is 0 Å². The summed E-state index contributed by atoms with van der Waals surface area (Å²) in [7, 11) is 0. The van der Waals surface area contributed by atoms with Crippen LogP contribution in [0.2, 0.25) is 0 Å². The van der Waals surface area contributed by atoms with Crippen molar-refractivity contribution in [2.75, 3.05) is 11.4 Å². The number of anilines is 1. The van der Waals surface area contributed by atoms with Crippen LogP contribution < -0.4 is 10.6 Å². The molecular formula is C15H23FN2. The minimum atomic E-state index is -0.181. The SMILES string of the molecule is CCN(c1ccc(F)cc1)C1CCCCCC1N. The van der Waals surface area contributed by atoms with Gasteiger partial charge in [0.1, 0.15) is 5.82 Å². The van der Waals surface area contributed by atoms with Crippen molar-refractivity contribution in [3.05, 3.63) is 30.1 Å². The topological polar surface area (TPSA) is 29.3 Å². The van der Waals surface area contributed by atoms with Crippen molar-refractivity contribution in [1.29, 1.82) is 0 Å². The molecule has 100 valence electrons. The molecule has 1 aliphatic rings. The van der Waals surface area contributed by atoms with Crippen molar-refractivity contribution in [3.63, 3.8) is 0 Å². The zero-order valence-electron chi connectivity index (χ0n) is 11.1. The summed E-state index contributed by atoms with van der Waals surface area (Å²) in [5, 5.41) is 0. The summed E-state index contributed by atoms with van der Waals surface area (Å²) in [4.78, 5) is 2.33. The van der Waals surface area contributed by atoms with Crippen molar-refractivity contribution in [2.24, 2.45) is 5.73 Å². The van der Waals surface area contributed by atoms with Crippen molar-refractivity contribution < 1.29 is 4.39 Å². The first-order chi connectivity index (χ1) is 8.72. The molecule has 3 heteroatoms. The van der Waals surface area contributed by atoms with Gasteiger partial charge in [0.25, 0.3) is 0 Å². The Kier molecular flexibility index (Phi) is 4.59. The molecule has 2 atom stereocenters. The minimum Gasteiger partial charge on any atom is -0.367 e. The monoisotopic (exact) mass is 250 g/mol. The van der Waals surface area contributed by atoms with E-state index in [0.29, 0.717) is 6.04 Å². The molecule has 18 heavy (non-hydrogen) atoms. The van der Waals surface area contributed by atoms with E-state index in [-0.39, 0.29) is 11.9 Å². The highest BCUT2D eigenvalue weighted by Crippen LogP contribution is 2.26. The van der Waals surface area contributed by atoms with Gasteiger partial charge in [0.05, 0.1) is 0 Å². The molecule has 0 spiro atoms. The van der Waals surface area contributed by atoms with Crippen molar-refractivity contribution in [1.82, 2.24) is 0 Å². The largest absolute Gasteiger partial charge is 0.367 e. The van der Waals surface area contributed by atoms with E-state index in [0.717, 1.165) is 25.1 Å². The molecule has 0 radical (unpaired) electrons. The van der Waals surface area contributed by atoms with E-state index < -0.39 is 0 Å². The van der Waals surface area contributed by atoms with E-state index in [2.05, 4.69) is 11.8 Å². The van der Waals surface area contributed by atoms with Crippen LogP contribution in [0.3, 0.4) is 0 Å². The molecule has 2 N–H and O–H groups in total. The third-order valence-corrected chi connectivity index (χ3v) is 3.93.